The molecular weight excluding hydrogens is 335 g/mol. The van der Waals surface area contributed by atoms with Gasteiger partial charge < -0.3 is 4.74 Å². The minimum Gasteiger partial charge on any atom is -0.416 e. The molecule has 1 aliphatic rings. The van der Waals surface area contributed by atoms with Crippen LogP contribution in [0.15, 0.2) is 0 Å². The monoisotopic (exact) mass is 346 g/mol. The summed E-state index contributed by atoms with van der Waals surface area (Å²) >= 11 is 0. The van der Waals surface area contributed by atoms with Crippen LogP contribution < -0.4 is 0 Å². The lowest BCUT2D eigenvalue weighted by molar-refractivity contribution is -0.345. The van der Waals surface area contributed by atoms with Crippen LogP contribution in [0.25, 0.3) is 0 Å². The molecule has 1 aliphatic carbocycles. The van der Waals surface area contributed by atoms with E-state index in [0.29, 0.717) is 0 Å². The second-order valence-corrected chi connectivity index (χ2v) is 5.52. The molecule has 0 bridgehead atoms. The highest BCUT2D eigenvalue weighted by molar-refractivity contribution is 5.76. The summed E-state index contributed by atoms with van der Waals surface area (Å²) < 4.78 is 122. The van der Waals surface area contributed by atoms with Gasteiger partial charge in [-0.05, 0) is 20.3 Å². The van der Waals surface area contributed by atoms with E-state index < -0.39 is 40.9 Å². The molecule has 22 heavy (non-hydrogen) atoms. The van der Waals surface area contributed by atoms with Crippen LogP contribution in [0.1, 0.15) is 27.2 Å². The van der Waals surface area contributed by atoms with E-state index in [2.05, 4.69) is 4.74 Å². The number of alkyl halides is 9. The van der Waals surface area contributed by atoms with Crippen molar-refractivity contribution >= 4 is 5.97 Å². The Labute approximate surface area is 118 Å². The number of esters is 1. The lowest BCUT2D eigenvalue weighted by atomic mass is 9.90. The molecule has 1 rings (SSSR count). The molecule has 0 unspecified atom stereocenters. The number of hydrogen-bond donors (Lipinski definition) is 0. The van der Waals surface area contributed by atoms with Crippen LogP contribution in [0.3, 0.4) is 0 Å². The molecular formula is C11H11F9O2. The van der Waals surface area contributed by atoms with Crippen molar-refractivity contribution < 1.29 is 49.0 Å². The van der Waals surface area contributed by atoms with Crippen LogP contribution in [-0.4, -0.2) is 35.5 Å². The molecule has 1 fully saturated rings. The molecule has 0 aliphatic heterocycles. The zero-order valence-electron chi connectivity index (χ0n) is 11.4. The minimum absolute atomic E-state index is 0.244. The topological polar surface area (TPSA) is 26.3 Å². The molecule has 0 aromatic rings. The van der Waals surface area contributed by atoms with Crippen molar-refractivity contribution in [3.63, 3.8) is 0 Å². The highest BCUT2D eigenvalue weighted by Gasteiger charge is 3.03. The molecule has 0 saturated heterocycles. The molecule has 0 amide bonds. The second-order valence-electron chi connectivity index (χ2n) is 5.52. The molecule has 0 atom stereocenters. The zero-order chi connectivity index (χ0) is 18.0. The van der Waals surface area contributed by atoms with Gasteiger partial charge in [-0.3, -0.25) is 4.79 Å². The van der Waals surface area contributed by atoms with Crippen molar-refractivity contribution in [2.75, 3.05) is 0 Å². The van der Waals surface area contributed by atoms with Crippen LogP contribution in [0.5, 0.6) is 0 Å². The van der Waals surface area contributed by atoms with Gasteiger partial charge in [-0.25, -0.2) is 0 Å². The predicted molar refractivity (Wildman–Crippen MR) is 53.8 cm³/mol. The lowest BCUT2D eigenvalue weighted by Gasteiger charge is -2.33. The van der Waals surface area contributed by atoms with E-state index in [1.165, 1.54) is 6.92 Å². The van der Waals surface area contributed by atoms with Gasteiger partial charge in [0.2, 0.25) is 0 Å². The van der Waals surface area contributed by atoms with E-state index in [9.17, 15) is 44.3 Å². The predicted octanol–water partition coefficient (Wildman–Crippen LogP) is 4.19. The number of hydrogen-bond acceptors (Lipinski definition) is 2. The van der Waals surface area contributed by atoms with Crippen LogP contribution in [-0.2, 0) is 9.53 Å². The summed E-state index contributed by atoms with van der Waals surface area (Å²) in [6.07, 6.45) is -0.244. The first kappa shape index (κ1) is 18.9. The summed E-state index contributed by atoms with van der Waals surface area (Å²) in [5.41, 5.74) is -1.83. The van der Waals surface area contributed by atoms with Gasteiger partial charge in [-0.2, -0.15) is 39.5 Å². The maximum absolute atomic E-state index is 13.9. The van der Waals surface area contributed by atoms with Gasteiger partial charge >= 0.3 is 35.5 Å². The van der Waals surface area contributed by atoms with Gasteiger partial charge in [0.05, 0.1) is 5.41 Å². The van der Waals surface area contributed by atoms with Crippen LogP contribution in [0.2, 0.25) is 0 Å². The van der Waals surface area contributed by atoms with Gasteiger partial charge in [0.1, 0.15) is 0 Å². The minimum atomic E-state index is -6.76. The van der Waals surface area contributed by atoms with Gasteiger partial charge in [0.25, 0.3) is 0 Å². The van der Waals surface area contributed by atoms with E-state index >= 15 is 0 Å². The summed E-state index contributed by atoms with van der Waals surface area (Å²) in [5.74, 6) is -35.0. The normalized spacial score (nSPS) is 27.5. The SMILES string of the molecule is CCC(C)(C)C(=O)OC1(F)C(F)(F)C(F)(F)C(F)(F)C1(F)F. The molecule has 0 aromatic carbocycles. The number of halogens is 9. The molecule has 0 spiro atoms. The van der Waals surface area contributed by atoms with Crippen LogP contribution >= 0.6 is 0 Å². The zero-order valence-corrected chi connectivity index (χ0v) is 11.4. The van der Waals surface area contributed by atoms with Gasteiger partial charge in [0, 0.05) is 0 Å². The third-order valence-corrected chi connectivity index (χ3v) is 3.66. The standard InChI is InChI=1S/C11H11F9O2/c1-4-6(2,3)5(21)22-11(20)9(16,17)7(12,13)8(14,15)10(11,18)19/h4H2,1-3H3. The highest BCUT2D eigenvalue weighted by atomic mass is 19.4. The molecule has 0 heterocycles. The lowest BCUT2D eigenvalue weighted by Crippen LogP contribution is -2.58. The van der Waals surface area contributed by atoms with Crippen molar-refractivity contribution in [1.82, 2.24) is 0 Å². The number of carbonyl (C=O) groups excluding carboxylic acids is 1. The Bertz CT molecular complexity index is 458. The van der Waals surface area contributed by atoms with Gasteiger partial charge in [-0.1, -0.05) is 6.92 Å². The van der Waals surface area contributed by atoms with Gasteiger partial charge in [0.15, 0.2) is 0 Å². The number of carbonyl (C=O) groups is 1. The summed E-state index contributed by atoms with van der Waals surface area (Å²) in [7, 11) is 0. The Morgan fingerprint density at radius 3 is 1.41 bits per heavy atom. The van der Waals surface area contributed by atoms with Crippen molar-refractivity contribution in [3.05, 3.63) is 0 Å². The van der Waals surface area contributed by atoms with Crippen molar-refractivity contribution in [2.45, 2.75) is 56.7 Å². The maximum atomic E-state index is 13.9. The van der Waals surface area contributed by atoms with Gasteiger partial charge in [-0.15, -0.1) is 0 Å². The van der Waals surface area contributed by atoms with Crippen LogP contribution in [0.4, 0.5) is 39.5 Å². The van der Waals surface area contributed by atoms with Crippen molar-refractivity contribution in [1.29, 1.82) is 0 Å². The molecule has 0 aromatic heterocycles. The van der Waals surface area contributed by atoms with Crippen LogP contribution in [0, 0.1) is 5.41 Å². The fourth-order valence-corrected chi connectivity index (χ4v) is 1.53. The Morgan fingerprint density at radius 2 is 1.14 bits per heavy atom. The molecule has 0 radical (unpaired) electrons. The Kier molecular flexibility index (Phi) is 3.81. The third-order valence-electron chi connectivity index (χ3n) is 3.66. The van der Waals surface area contributed by atoms with E-state index in [4.69, 9.17) is 0 Å². The molecule has 2 nitrogen and oxygen atoms in total. The summed E-state index contributed by atoms with van der Waals surface area (Å²) in [6, 6.07) is 0. The van der Waals surface area contributed by atoms with E-state index in [1.54, 1.807) is 0 Å². The highest BCUT2D eigenvalue weighted by Crippen LogP contribution is 2.69. The Balaban J connectivity index is 3.47. The fraction of sp³-hybridized carbons (Fsp3) is 0.909. The first-order valence-electron chi connectivity index (χ1n) is 5.87. The average Bonchev–Trinajstić information content (AvgIpc) is 2.40. The molecule has 130 valence electrons. The van der Waals surface area contributed by atoms with E-state index in [0.717, 1.165) is 13.8 Å². The smallest absolute Gasteiger partial charge is 0.391 e. The van der Waals surface area contributed by atoms with Crippen molar-refractivity contribution in [2.24, 2.45) is 5.41 Å². The molecule has 0 N–H and O–H groups in total. The van der Waals surface area contributed by atoms with E-state index in [-0.39, 0.29) is 6.42 Å². The number of ether oxygens (including phenoxy) is 1. The van der Waals surface area contributed by atoms with E-state index in [1.807, 2.05) is 0 Å². The summed E-state index contributed by atoms with van der Waals surface area (Å²) in [4.78, 5) is 11.4. The quantitative estimate of drug-likeness (QED) is 0.566. The third kappa shape index (κ3) is 1.79. The maximum Gasteiger partial charge on any atom is 0.391 e. The number of rotatable bonds is 3. The van der Waals surface area contributed by atoms with Crippen molar-refractivity contribution in [3.8, 4) is 0 Å². The second kappa shape index (κ2) is 4.44. The first-order valence-corrected chi connectivity index (χ1v) is 5.87. The average molecular weight is 346 g/mol. The summed E-state index contributed by atoms with van der Waals surface area (Å²) in [5, 5.41) is 0. The Morgan fingerprint density at radius 1 is 0.818 bits per heavy atom. The fourth-order valence-electron chi connectivity index (χ4n) is 1.53. The molecule has 11 heteroatoms. The Hall–Kier alpha value is -1.16. The largest absolute Gasteiger partial charge is 0.416 e. The molecule has 1 saturated carbocycles. The first-order chi connectivity index (χ1) is 9.44. The summed E-state index contributed by atoms with van der Waals surface area (Å²) in [6.45, 7) is 3.14.